The Hall–Kier alpha value is -2.14. The molecule has 19 heavy (non-hydrogen) atoms. The van der Waals surface area contributed by atoms with Crippen LogP contribution in [0.5, 0.6) is 0 Å². The van der Waals surface area contributed by atoms with Crippen LogP contribution in [0, 0.1) is 0 Å². The SMILES string of the molecule is CC(C)(C)OC(=O)C(=CC(=O)c1ccccc1)OO. The standard InChI is InChI=1S/C14H16O5/c1-14(2,3)18-13(16)12(19-17)9-11(15)10-7-5-4-6-8-10/h4-9,17H,1-3H3. The molecule has 0 fully saturated rings. The van der Waals surface area contributed by atoms with Gasteiger partial charge in [0, 0.05) is 11.6 Å². The molecule has 0 unspecified atom stereocenters. The number of ketones is 1. The number of hydrogen-bond acceptors (Lipinski definition) is 5. The van der Waals surface area contributed by atoms with Crippen molar-refractivity contribution in [2.75, 3.05) is 0 Å². The van der Waals surface area contributed by atoms with Gasteiger partial charge >= 0.3 is 5.97 Å². The summed E-state index contributed by atoms with van der Waals surface area (Å²) in [5, 5.41) is 8.67. The van der Waals surface area contributed by atoms with Gasteiger partial charge in [-0.05, 0) is 20.8 Å². The quantitative estimate of drug-likeness (QED) is 0.226. The number of benzene rings is 1. The lowest BCUT2D eigenvalue weighted by atomic mass is 10.1. The Balaban J connectivity index is 2.88. The van der Waals surface area contributed by atoms with Crippen LogP contribution in [0.3, 0.4) is 0 Å². The van der Waals surface area contributed by atoms with E-state index in [1.165, 1.54) is 0 Å². The van der Waals surface area contributed by atoms with E-state index >= 15 is 0 Å². The Morgan fingerprint density at radius 1 is 1.16 bits per heavy atom. The average Bonchev–Trinajstić information content (AvgIpc) is 2.34. The summed E-state index contributed by atoms with van der Waals surface area (Å²) in [6.45, 7) is 5.00. The summed E-state index contributed by atoms with van der Waals surface area (Å²) in [5.74, 6) is -1.92. The second kappa shape index (κ2) is 6.15. The second-order valence-electron chi connectivity index (χ2n) is 4.83. The molecule has 102 valence electrons. The molecule has 0 spiro atoms. The van der Waals surface area contributed by atoms with Gasteiger partial charge in [0.25, 0.3) is 5.76 Å². The molecule has 1 N–H and O–H groups in total. The summed E-state index contributed by atoms with van der Waals surface area (Å²) >= 11 is 0. The molecule has 5 heteroatoms. The zero-order valence-electron chi connectivity index (χ0n) is 11.0. The smallest absolute Gasteiger partial charge is 0.378 e. The highest BCUT2D eigenvalue weighted by molar-refractivity contribution is 6.08. The van der Waals surface area contributed by atoms with Gasteiger partial charge in [0.2, 0.25) is 0 Å². The van der Waals surface area contributed by atoms with Gasteiger partial charge in [-0.3, -0.25) is 4.79 Å². The molecule has 1 aromatic carbocycles. The third-order valence-electron chi connectivity index (χ3n) is 2.02. The van der Waals surface area contributed by atoms with Gasteiger partial charge < -0.3 is 9.62 Å². The minimum Gasteiger partial charge on any atom is -0.454 e. The molecular weight excluding hydrogens is 248 g/mol. The zero-order valence-corrected chi connectivity index (χ0v) is 11.0. The number of carbonyl (C=O) groups is 2. The Kier molecular flexibility index (Phi) is 4.83. The minimum atomic E-state index is -0.903. The lowest BCUT2D eigenvalue weighted by Crippen LogP contribution is -2.25. The lowest BCUT2D eigenvalue weighted by Gasteiger charge is -2.19. The van der Waals surface area contributed by atoms with Crippen LogP contribution in [0.2, 0.25) is 0 Å². The van der Waals surface area contributed by atoms with E-state index in [0.29, 0.717) is 5.56 Å². The second-order valence-corrected chi connectivity index (χ2v) is 4.83. The van der Waals surface area contributed by atoms with Crippen LogP contribution < -0.4 is 0 Å². The van der Waals surface area contributed by atoms with E-state index in [0.717, 1.165) is 6.08 Å². The highest BCUT2D eigenvalue weighted by Gasteiger charge is 2.22. The van der Waals surface area contributed by atoms with Crippen molar-refractivity contribution in [3.8, 4) is 0 Å². The monoisotopic (exact) mass is 264 g/mol. The number of carbonyl (C=O) groups excluding carboxylic acids is 2. The van der Waals surface area contributed by atoms with Crippen LogP contribution in [0.4, 0.5) is 0 Å². The lowest BCUT2D eigenvalue weighted by molar-refractivity contribution is -0.215. The number of allylic oxidation sites excluding steroid dienone is 1. The highest BCUT2D eigenvalue weighted by Crippen LogP contribution is 2.12. The molecule has 0 saturated heterocycles. The molecule has 0 aliphatic heterocycles. The largest absolute Gasteiger partial charge is 0.454 e. The van der Waals surface area contributed by atoms with E-state index in [9.17, 15) is 9.59 Å². The van der Waals surface area contributed by atoms with Crippen molar-refractivity contribution in [2.45, 2.75) is 26.4 Å². The maximum atomic E-state index is 11.8. The first kappa shape index (κ1) is 14.9. The van der Waals surface area contributed by atoms with Crippen LogP contribution in [-0.4, -0.2) is 22.6 Å². The molecule has 0 atom stereocenters. The minimum absolute atomic E-state index is 0.376. The number of rotatable bonds is 4. The van der Waals surface area contributed by atoms with E-state index in [-0.39, 0.29) is 0 Å². The van der Waals surface area contributed by atoms with Gasteiger partial charge in [-0.2, -0.15) is 0 Å². The third kappa shape index (κ3) is 4.93. The van der Waals surface area contributed by atoms with Crippen LogP contribution in [-0.2, 0) is 14.4 Å². The molecule has 0 aromatic heterocycles. The van der Waals surface area contributed by atoms with Gasteiger partial charge in [-0.1, -0.05) is 30.3 Å². The summed E-state index contributed by atoms with van der Waals surface area (Å²) in [6, 6.07) is 8.31. The Bertz CT molecular complexity index is 482. The van der Waals surface area contributed by atoms with Gasteiger partial charge in [0.1, 0.15) is 5.60 Å². The van der Waals surface area contributed by atoms with Crippen LogP contribution >= 0.6 is 0 Å². The van der Waals surface area contributed by atoms with Gasteiger partial charge in [0.05, 0.1) is 0 Å². The van der Waals surface area contributed by atoms with Crippen LogP contribution in [0.1, 0.15) is 31.1 Å². The van der Waals surface area contributed by atoms with Crippen molar-refractivity contribution >= 4 is 11.8 Å². The molecule has 0 aliphatic carbocycles. The summed E-state index contributed by atoms with van der Waals surface area (Å²) in [6.07, 6.45) is 0.892. The Labute approximate surface area is 111 Å². The maximum Gasteiger partial charge on any atom is 0.378 e. The number of esters is 1. The van der Waals surface area contributed by atoms with Crippen molar-refractivity contribution in [1.82, 2.24) is 0 Å². The fourth-order valence-electron chi connectivity index (χ4n) is 1.26. The van der Waals surface area contributed by atoms with Gasteiger partial charge in [-0.15, -0.1) is 0 Å². The van der Waals surface area contributed by atoms with E-state index in [1.54, 1.807) is 51.1 Å². The number of hydrogen-bond donors (Lipinski definition) is 1. The van der Waals surface area contributed by atoms with Crippen LogP contribution in [0.15, 0.2) is 42.2 Å². The molecule has 1 rings (SSSR count). The zero-order chi connectivity index (χ0) is 14.5. The molecule has 1 aromatic rings. The molecule has 0 radical (unpaired) electrons. The predicted molar refractivity (Wildman–Crippen MR) is 68.4 cm³/mol. The average molecular weight is 264 g/mol. The highest BCUT2D eigenvalue weighted by atomic mass is 17.1. The van der Waals surface area contributed by atoms with Crippen molar-refractivity contribution in [3.63, 3.8) is 0 Å². The van der Waals surface area contributed by atoms with E-state index in [2.05, 4.69) is 4.89 Å². The maximum absolute atomic E-state index is 11.8. The van der Waals surface area contributed by atoms with Crippen molar-refractivity contribution in [2.24, 2.45) is 0 Å². The molecule has 0 saturated carbocycles. The van der Waals surface area contributed by atoms with Gasteiger partial charge in [-0.25, -0.2) is 10.1 Å². The third-order valence-corrected chi connectivity index (χ3v) is 2.02. The van der Waals surface area contributed by atoms with Crippen molar-refractivity contribution in [1.29, 1.82) is 0 Å². The predicted octanol–water partition coefficient (Wildman–Crippen LogP) is 2.58. The summed E-state index contributed by atoms with van der Waals surface area (Å²) in [4.78, 5) is 27.4. The Morgan fingerprint density at radius 2 is 1.74 bits per heavy atom. The first-order valence-corrected chi connectivity index (χ1v) is 5.69. The molecule has 0 heterocycles. The van der Waals surface area contributed by atoms with E-state index in [1.807, 2.05) is 0 Å². The fourth-order valence-corrected chi connectivity index (χ4v) is 1.26. The molecule has 5 nitrogen and oxygen atoms in total. The summed E-state index contributed by atoms with van der Waals surface area (Å²) in [5.41, 5.74) is -0.370. The fraction of sp³-hybridized carbons (Fsp3) is 0.286. The van der Waals surface area contributed by atoms with Crippen molar-refractivity contribution in [3.05, 3.63) is 47.7 Å². The van der Waals surface area contributed by atoms with E-state index < -0.39 is 23.1 Å². The number of ether oxygens (including phenoxy) is 1. The first-order valence-electron chi connectivity index (χ1n) is 5.69. The van der Waals surface area contributed by atoms with Crippen LogP contribution in [0.25, 0.3) is 0 Å². The summed E-state index contributed by atoms with van der Waals surface area (Å²) in [7, 11) is 0. The molecule has 0 bridgehead atoms. The molecular formula is C14H16O5. The van der Waals surface area contributed by atoms with Gasteiger partial charge in [0.15, 0.2) is 5.78 Å². The van der Waals surface area contributed by atoms with Crippen molar-refractivity contribution < 1.29 is 24.5 Å². The first-order chi connectivity index (χ1) is 8.83. The summed E-state index contributed by atoms with van der Waals surface area (Å²) < 4.78 is 4.98. The molecule has 0 amide bonds. The topological polar surface area (TPSA) is 72.8 Å². The normalized spacial score (nSPS) is 11.9. The van der Waals surface area contributed by atoms with E-state index in [4.69, 9.17) is 9.99 Å². The Morgan fingerprint density at radius 3 is 2.21 bits per heavy atom. The molecule has 0 aliphatic rings.